The normalized spacial score (nSPS) is 22.4. The smallest absolute Gasteiger partial charge is 0.127 e. The van der Waals surface area contributed by atoms with Gasteiger partial charge in [-0.2, -0.15) is 0 Å². The highest BCUT2D eigenvalue weighted by Crippen LogP contribution is 2.41. The van der Waals surface area contributed by atoms with Gasteiger partial charge in [-0.3, -0.25) is 0 Å². The number of benzene rings is 1. The summed E-state index contributed by atoms with van der Waals surface area (Å²) in [6.07, 6.45) is 6.11. The lowest BCUT2D eigenvalue weighted by Crippen LogP contribution is -2.24. The van der Waals surface area contributed by atoms with Crippen molar-refractivity contribution < 1.29 is 4.74 Å². The van der Waals surface area contributed by atoms with Gasteiger partial charge in [-0.15, -0.1) is 0 Å². The molecule has 1 N–H and O–H groups in total. The first kappa shape index (κ1) is 14.9. The van der Waals surface area contributed by atoms with E-state index in [1.807, 2.05) is 0 Å². The van der Waals surface area contributed by atoms with Gasteiger partial charge in [0.1, 0.15) is 5.75 Å². The van der Waals surface area contributed by atoms with Gasteiger partial charge in [0.05, 0.1) is 6.61 Å². The molecule has 1 aromatic rings. The number of nitrogens with one attached hydrogen (secondary N) is 1. The van der Waals surface area contributed by atoms with Gasteiger partial charge in [-0.1, -0.05) is 39.8 Å². The largest absolute Gasteiger partial charge is 0.493 e. The van der Waals surface area contributed by atoms with Crippen molar-refractivity contribution in [3.05, 3.63) is 28.8 Å². The standard InChI is InChI=1S/C19H29NO/c1-5-13-11-15-17(20-14-8-9-14)7-6-10-21-18(15)16(12-13)19(2,3)4/h11-12,14,17,20H,5-10H2,1-4H3. The first-order valence-electron chi connectivity index (χ1n) is 8.55. The van der Waals surface area contributed by atoms with Crippen molar-refractivity contribution in [1.82, 2.24) is 5.32 Å². The Bertz CT molecular complexity index is 511. The van der Waals surface area contributed by atoms with Crippen LogP contribution >= 0.6 is 0 Å². The average molecular weight is 287 g/mol. The second kappa shape index (κ2) is 5.64. The van der Waals surface area contributed by atoms with Crippen LogP contribution in [0.15, 0.2) is 12.1 Å². The highest BCUT2D eigenvalue weighted by Gasteiger charge is 2.31. The van der Waals surface area contributed by atoms with E-state index in [2.05, 4.69) is 45.1 Å². The van der Waals surface area contributed by atoms with E-state index in [1.54, 1.807) is 0 Å². The minimum Gasteiger partial charge on any atom is -0.493 e. The lowest BCUT2D eigenvalue weighted by atomic mass is 9.82. The first-order valence-corrected chi connectivity index (χ1v) is 8.55. The highest BCUT2D eigenvalue weighted by molar-refractivity contribution is 5.50. The number of hydrogen-bond donors (Lipinski definition) is 1. The van der Waals surface area contributed by atoms with E-state index >= 15 is 0 Å². The number of ether oxygens (including phenoxy) is 1. The Labute approximate surface area is 129 Å². The third-order valence-corrected chi connectivity index (χ3v) is 4.67. The van der Waals surface area contributed by atoms with Crippen LogP contribution in [0.25, 0.3) is 0 Å². The van der Waals surface area contributed by atoms with Gasteiger partial charge >= 0.3 is 0 Å². The fraction of sp³-hybridized carbons (Fsp3) is 0.684. The molecule has 2 nitrogen and oxygen atoms in total. The average Bonchev–Trinajstić information content (AvgIpc) is 3.25. The summed E-state index contributed by atoms with van der Waals surface area (Å²) in [4.78, 5) is 0. The monoisotopic (exact) mass is 287 g/mol. The third-order valence-electron chi connectivity index (χ3n) is 4.67. The molecule has 0 aromatic heterocycles. The molecule has 0 bridgehead atoms. The minimum absolute atomic E-state index is 0.129. The molecule has 1 atom stereocenters. The molecule has 1 saturated carbocycles. The van der Waals surface area contributed by atoms with Crippen molar-refractivity contribution in [2.75, 3.05) is 6.61 Å². The van der Waals surface area contributed by atoms with Crippen LogP contribution in [0.3, 0.4) is 0 Å². The van der Waals surface area contributed by atoms with Crippen LogP contribution in [0.1, 0.15) is 76.1 Å². The molecule has 0 radical (unpaired) electrons. The Morgan fingerprint density at radius 2 is 1.95 bits per heavy atom. The molecule has 1 aliphatic carbocycles. The van der Waals surface area contributed by atoms with E-state index in [0.717, 1.165) is 31.2 Å². The lowest BCUT2D eigenvalue weighted by Gasteiger charge is -2.27. The zero-order valence-electron chi connectivity index (χ0n) is 14.0. The molecule has 1 heterocycles. The maximum atomic E-state index is 6.20. The van der Waals surface area contributed by atoms with Gasteiger partial charge < -0.3 is 10.1 Å². The van der Waals surface area contributed by atoms with E-state index in [9.17, 15) is 0 Å². The molecule has 0 saturated heterocycles. The van der Waals surface area contributed by atoms with E-state index in [1.165, 1.54) is 36.0 Å². The molecule has 2 aliphatic rings. The van der Waals surface area contributed by atoms with Crippen LogP contribution in [0.2, 0.25) is 0 Å². The van der Waals surface area contributed by atoms with Crippen molar-refractivity contribution in [2.45, 2.75) is 77.3 Å². The van der Waals surface area contributed by atoms with Gasteiger partial charge in [0.15, 0.2) is 0 Å². The lowest BCUT2D eigenvalue weighted by molar-refractivity contribution is 0.307. The van der Waals surface area contributed by atoms with Crippen LogP contribution in [-0.2, 0) is 11.8 Å². The minimum atomic E-state index is 0.129. The topological polar surface area (TPSA) is 21.3 Å². The Morgan fingerprint density at radius 1 is 1.19 bits per heavy atom. The van der Waals surface area contributed by atoms with E-state index in [4.69, 9.17) is 4.74 Å². The van der Waals surface area contributed by atoms with Crippen molar-refractivity contribution in [3.63, 3.8) is 0 Å². The van der Waals surface area contributed by atoms with Crippen LogP contribution in [0.4, 0.5) is 0 Å². The molecular weight excluding hydrogens is 258 g/mol. The van der Waals surface area contributed by atoms with Crippen molar-refractivity contribution in [1.29, 1.82) is 0 Å². The molecule has 1 fully saturated rings. The summed E-state index contributed by atoms with van der Waals surface area (Å²) >= 11 is 0. The van der Waals surface area contributed by atoms with Crippen LogP contribution in [0, 0.1) is 0 Å². The summed E-state index contributed by atoms with van der Waals surface area (Å²) in [6, 6.07) is 5.96. The summed E-state index contributed by atoms with van der Waals surface area (Å²) in [5.74, 6) is 1.16. The summed E-state index contributed by atoms with van der Waals surface area (Å²) in [5.41, 5.74) is 4.35. The van der Waals surface area contributed by atoms with Crippen LogP contribution in [0.5, 0.6) is 5.75 Å². The molecule has 1 unspecified atom stereocenters. The summed E-state index contributed by atoms with van der Waals surface area (Å²) in [5, 5.41) is 3.84. The molecule has 0 amide bonds. The van der Waals surface area contributed by atoms with Gasteiger partial charge in [0.25, 0.3) is 0 Å². The third kappa shape index (κ3) is 3.26. The predicted octanol–water partition coefficient (Wildman–Crippen LogP) is 4.51. The molecule has 2 heteroatoms. The molecule has 21 heavy (non-hydrogen) atoms. The molecule has 116 valence electrons. The second-order valence-corrected chi connectivity index (χ2v) is 7.65. The van der Waals surface area contributed by atoms with Gasteiger partial charge in [-0.05, 0) is 43.1 Å². The summed E-state index contributed by atoms with van der Waals surface area (Å²) in [7, 11) is 0. The zero-order chi connectivity index (χ0) is 15.0. The predicted molar refractivity (Wildman–Crippen MR) is 88.1 cm³/mol. The Balaban J connectivity index is 2.07. The summed E-state index contributed by atoms with van der Waals surface area (Å²) < 4.78 is 6.20. The highest BCUT2D eigenvalue weighted by atomic mass is 16.5. The van der Waals surface area contributed by atoms with Crippen LogP contribution < -0.4 is 10.1 Å². The number of aryl methyl sites for hydroxylation is 1. The zero-order valence-corrected chi connectivity index (χ0v) is 14.0. The Kier molecular flexibility index (Phi) is 4.00. The van der Waals surface area contributed by atoms with Crippen LogP contribution in [-0.4, -0.2) is 12.6 Å². The molecule has 1 aliphatic heterocycles. The SMILES string of the molecule is CCc1cc2c(c(C(C)(C)C)c1)OCCCC2NC1CC1. The second-order valence-electron chi connectivity index (χ2n) is 7.65. The maximum absolute atomic E-state index is 6.20. The molecular formula is C19H29NO. The van der Waals surface area contributed by atoms with Crippen molar-refractivity contribution in [3.8, 4) is 5.75 Å². The number of fused-ring (bicyclic) bond motifs is 1. The fourth-order valence-corrected chi connectivity index (χ4v) is 3.22. The first-order chi connectivity index (χ1) is 9.99. The van der Waals surface area contributed by atoms with E-state index in [-0.39, 0.29) is 5.41 Å². The molecule has 1 aromatic carbocycles. The molecule has 3 rings (SSSR count). The van der Waals surface area contributed by atoms with Crippen molar-refractivity contribution >= 4 is 0 Å². The van der Waals surface area contributed by atoms with E-state index in [0.29, 0.717) is 6.04 Å². The van der Waals surface area contributed by atoms with Gasteiger partial charge in [-0.25, -0.2) is 0 Å². The van der Waals surface area contributed by atoms with Gasteiger partial charge in [0, 0.05) is 23.2 Å². The quantitative estimate of drug-likeness (QED) is 0.883. The van der Waals surface area contributed by atoms with Gasteiger partial charge in [0.2, 0.25) is 0 Å². The number of rotatable bonds is 3. The maximum Gasteiger partial charge on any atom is 0.127 e. The Hall–Kier alpha value is -1.02. The summed E-state index contributed by atoms with van der Waals surface area (Å²) in [6.45, 7) is 9.97. The fourth-order valence-electron chi connectivity index (χ4n) is 3.22. The van der Waals surface area contributed by atoms with E-state index < -0.39 is 0 Å². The Morgan fingerprint density at radius 3 is 2.57 bits per heavy atom. The molecule has 0 spiro atoms. The number of hydrogen-bond acceptors (Lipinski definition) is 2. The van der Waals surface area contributed by atoms with Crippen molar-refractivity contribution in [2.24, 2.45) is 0 Å².